The number of carbonyl (C=O) groups is 1. The maximum atomic E-state index is 11.4. The van der Waals surface area contributed by atoms with Crippen molar-refractivity contribution in [2.75, 3.05) is 6.61 Å². The lowest BCUT2D eigenvalue weighted by Crippen LogP contribution is -2.42. The summed E-state index contributed by atoms with van der Waals surface area (Å²) < 4.78 is 35.9. The number of rotatable bonds is 7. The van der Waals surface area contributed by atoms with E-state index in [4.69, 9.17) is 28.4 Å². The third kappa shape index (κ3) is 4.81. The zero-order valence-electron chi connectivity index (χ0n) is 17.2. The number of esters is 1. The van der Waals surface area contributed by atoms with Crippen LogP contribution in [0.5, 0.6) is 0 Å². The van der Waals surface area contributed by atoms with Crippen molar-refractivity contribution >= 4 is 5.97 Å². The molecule has 0 saturated carbocycles. The van der Waals surface area contributed by atoms with Crippen molar-refractivity contribution in [3.05, 3.63) is 35.9 Å². The highest BCUT2D eigenvalue weighted by atomic mass is 16.8. The number of hydrogen-bond acceptors (Lipinski definition) is 7. The molecule has 6 atom stereocenters. The molecule has 0 aromatic heterocycles. The Balaban J connectivity index is 1.40. The first-order valence-electron chi connectivity index (χ1n) is 10.4. The van der Waals surface area contributed by atoms with Crippen molar-refractivity contribution < 1.29 is 33.2 Å². The second kappa shape index (κ2) is 8.70. The molecule has 3 saturated heterocycles. The average Bonchev–Trinajstić information content (AvgIpc) is 3.37. The molecule has 160 valence electrons. The lowest BCUT2D eigenvalue weighted by Gasteiger charge is -2.29. The number of carbonyl (C=O) groups excluding carboxylic acids is 1. The van der Waals surface area contributed by atoms with E-state index in [0.717, 1.165) is 18.4 Å². The zero-order chi connectivity index (χ0) is 20.4. The molecule has 1 aromatic rings. The average molecular weight is 406 g/mol. The molecule has 1 unspecified atom stereocenters. The van der Waals surface area contributed by atoms with Gasteiger partial charge in [-0.05, 0) is 32.3 Å². The zero-order valence-corrected chi connectivity index (χ0v) is 17.2. The van der Waals surface area contributed by atoms with Crippen LogP contribution < -0.4 is 0 Å². The van der Waals surface area contributed by atoms with Gasteiger partial charge in [0.15, 0.2) is 12.1 Å². The summed E-state index contributed by atoms with van der Waals surface area (Å²) in [4.78, 5) is 11.4. The van der Waals surface area contributed by atoms with E-state index in [-0.39, 0.29) is 43.1 Å². The summed E-state index contributed by atoms with van der Waals surface area (Å²) in [6, 6.07) is 10.0. The third-order valence-electron chi connectivity index (χ3n) is 5.54. The second-order valence-corrected chi connectivity index (χ2v) is 8.24. The SMILES string of the molecule is CCC(=O)OCC1CC[C@@H]([C@H]2O[C@@H]3OC(C)(C)O[C@@H]3[C@H]2OCc2ccccc2)O1. The first kappa shape index (κ1) is 20.8. The van der Waals surface area contributed by atoms with Gasteiger partial charge in [0, 0.05) is 6.42 Å². The van der Waals surface area contributed by atoms with E-state index >= 15 is 0 Å². The highest BCUT2D eigenvalue weighted by molar-refractivity contribution is 5.68. The Morgan fingerprint density at radius 2 is 1.90 bits per heavy atom. The molecule has 1 aromatic carbocycles. The van der Waals surface area contributed by atoms with Gasteiger partial charge < -0.3 is 28.4 Å². The van der Waals surface area contributed by atoms with E-state index in [1.54, 1.807) is 6.92 Å². The van der Waals surface area contributed by atoms with Gasteiger partial charge in [0.1, 0.15) is 24.9 Å². The summed E-state index contributed by atoms with van der Waals surface area (Å²) in [6.07, 6.45) is 0.346. The van der Waals surface area contributed by atoms with E-state index in [9.17, 15) is 4.79 Å². The highest BCUT2D eigenvalue weighted by Crippen LogP contribution is 2.42. The Kier molecular flexibility index (Phi) is 6.22. The predicted octanol–water partition coefficient (Wildman–Crippen LogP) is 2.95. The maximum absolute atomic E-state index is 11.4. The highest BCUT2D eigenvalue weighted by Gasteiger charge is 2.58. The molecule has 0 aliphatic carbocycles. The van der Waals surface area contributed by atoms with Gasteiger partial charge in [0.2, 0.25) is 0 Å². The Morgan fingerprint density at radius 1 is 1.10 bits per heavy atom. The minimum Gasteiger partial charge on any atom is -0.463 e. The summed E-state index contributed by atoms with van der Waals surface area (Å²) in [7, 11) is 0. The number of ether oxygens (including phenoxy) is 6. The van der Waals surface area contributed by atoms with Crippen molar-refractivity contribution in [1.29, 1.82) is 0 Å². The first-order chi connectivity index (χ1) is 13.9. The molecule has 3 fully saturated rings. The molecule has 0 radical (unpaired) electrons. The van der Waals surface area contributed by atoms with Gasteiger partial charge in [-0.2, -0.15) is 0 Å². The van der Waals surface area contributed by atoms with Crippen LogP contribution in [-0.4, -0.2) is 55.2 Å². The molecule has 0 amide bonds. The molecule has 3 aliphatic rings. The summed E-state index contributed by atoms with van der Waals surface area (Å²) in [5.74, 6) is -0.918. The second-order valence-electron chi connectivity index (χ2n) is 8.24. The standard InChI is InChI=1S/C22H30O7/c1-4-17(23)24-13-15-10-11-16(26-15)18-19(25-12-14-8-6-5-7-9-14)20-21(27-18)29-22(2,3)28-20/h5-9,15-16,18-21H,4,10-13H2,1-3H3/t15?,16-,18+,19-,20+,21+/m0/s1. The largest absolute Gasteiger partial charge is 0.463 e. The summed E-state index contributed by atoms with van der Waals surface area (Å²) in [6.45, 7) is 6.27. The Morgan fingerprint density at radius 3 is 2.66 bits per heavy atom. The molecule has 0 N–H and O–H groups in total. The minimum atomic E-state index is -0.706. The topological polar surface area (TPSA) is 72.5 Å². The van der Waals surface area contributed by atoms with Crippen LogP contribution in [-0.2, 0) is 39.8 Å². The van der Waals surface area contributed by atoms with Gasteiger partial charge in [-0.15, -0.1) is 0 Å². The van der Waals surface area contributed by atoms with Gasteiger partial charge in [0.05, 0.1) is 18.8 Å². The van der Waals surface area contributed by atoms with Crippen molar-refractivity contribution in [1.82, 2.24) is 0 Å². The van der Waals surface area contributed by atoms with Crippen molar-refractivity contribution in [2.24, 2.45) is 0 Å². The van der Waals surface area contributed by atoms with Crippen LogP contribution in [0.25, 0.3) is 0 Å². The summed E-state index contributed by atoms with van der Waals surface area (Å²) in [5.41, 5.74) is 1.09. The Hall–Kier alpha value is -1.51. The number of benzene rings is 1. The fourth-order valence-electron chi connectivity index (χ4n) is 4.15. The fraction of sp³-hybridized carbons (Fsp3) is 0.682. The van der Waals surface area contributed by atoms with Gasteiger partial charge in [0.25, 0.3) is 0 Å². The molecule has 7 nitrogen and oxygen atoms in total. The fourth-order valence-corrected chi connectivity index (χ4v) is 4.15. The molecule has 29 heavy (non-hydrogen) atoms. The van der Waals surface area contributed by atoms with Crippen LogP contribution >= 0.6 is 0 Å². The smallest absolute Gasteiger partial charge is 0.305 e. The van der Waals surface area contributed by atoms with Crippen LogP contribution in [0.4, 0.5) is 0 Å². The molecule has 4 rings (SSSR count). The van der Waals surface area contributed by atoms with Crippen molar-refractivity contribution in [3.63, 3.8) is 0 Å². The molecular formula is C22H30O7. The lowest BCUT2D eigenvalue weighted by atomic mass is 10.0. The van der Waals surface area contributed by atoms with Crippen LogP contribution in [0, 0.1) is 0 Å². The van der Waals surface area contributed by atoms with Gasteiger partial charge in [-0.1, -0.05) is 37.3 Å². The molecule has 3 heterocycles. The van der Waals surface area contributed by atoms with E-state index < -0.39 is 12.1 Å². The van der Waals surface area contributed by atoms with E-state index in [0.29, 0.717) is 13.0 Å². The lowest BCUT2D eigenvalue weighted by molar-refractivity contribution is -0.233. The quantitative estimate of drug-likeness (QED) is 0.645. The molecule has 3 aliphatic heterocycles. The molecule has 7 heteroatoms. The Labute approximate surface area is 171 Å². The van der Waals surface area contributed by atoms with Gasteiger partial charge in [-0.3, -0.25) is 4.79 Å². The minimum absolute atomic E-state index is 0.118. The van der Waals surface area contributed by atoms with Crippen molar-refractivity contribution in [2.45, 2.75) is 89.2 Å². The normalized spacial score (nSPS) is 35.6. The van der Waals surface area contributed by atoms with E-state index in [1.807, 2.05) is 44.2 Å². The van der Waals surface area contributed by atoms with Crippen LogP contribution in [0.1, 0.15) is 45.6 Å². The first-order valence-corrected chi connectivity index (χ1v) is 10.4. The van der Waals surface area contributed by atoms with Crippen LogP contribution in [0.3, 0.4) is 0 Å². The number of fused-ring (bicyclic) bond motifs is 1. The van der Waals surface area contributed by atoms with Gasteiger partial charge >= 0.3 is 5.97 Å². The summed E-state index contributed by atoms with van der Waals surface area (Å²) in [5, 5.41) is 0. The monoisotopic (exact) mass is 406 g/mol. The Bertz CT molecular complexity index is 692. The van der Waals surface area contributed by atoms with Gasteiger partial charge in [-0.25, -0.2) is 0 Å². The molecular weight excluding hydrogens is 376 g/mol. The third-order valence-corrected chi connectivity index (χ3v) is 5.54. The van der Waals surface area contributed by atoms with E-state index in [2.05, 4.69) is 0 Å². The summed E-state index contributed by atoms with van der Waals surface area (Å²) >= 11 is 0. The molecule has 0 spiro atoms. The van der Waals surface area contributed by atoms with Crippen LogP contribution in [0.15, 0.2) is 30.3 Å². The molecule has 0 bridgehead atoms. The maximum Gasteiger partial charge on any atom is 0.305 e. The number of hydrogen-bond donors (Lipinski definition) is 0. The predicted molar refractivity (Wildman–Crippen MR) is 103 cm³/mol. The van der Waals surface area contributed by atoms with E-state index in [1.165, 1.54) is 0 Å². The van der Waals surface area contributed by atoms with Crippen LogP contribution in [0.2, 0.25) is 0 Å². The van der Waals surface area contributed by atoms with Crippen molar-refractivity contribution in [3.8, 4) is 0 Å².